The van der Waals surface area contributed by atoms with Crippen molar-refractivity contribution >= 4 is 0 Å². The summed E-state index contributed by atoms with van der Waals surface area (Å²) >= 11 is 0. The summed E-state index contributed by atoms with van der Waals surface area (Å²) in [6, 6.07) is 0. The third-order valence-corrected chi connectivity index (χ3v) is 2.92. The number of hydrogen-bond acceptors (Lipinski definition) is 0. The van der Waals surface area contributed by atoms with Gasteiger partial charge >= 0.3 is 0 Å². The highest BCUT2D eigenvalue weighted by Crippen LogP contribution is 2.22. The minimum atomic E-state index is -0.575. The van der Waals surface area contributed by atoms with Crippen LogP contribution in [0.5, 0.6) is 0 Å². The summed E-state index contributed by atoms with van der Waals surface area (Å²) in [4.78, 5) is 0. The zero-order valence-corrected chi connectivity index (χ0v) is 9.65. The highest BCUT2D eigenvalue weighted by molar-refractivity contribution is 4.67. The summed E-state index contributed by atoms with van der Waals surface area (Å²) in [6.07, 6.45) is 4.54. The molecule has 13 heavy (non-hydrogen) atoms. The maximum Gasteiger partial charge on any atom is 0.103 e. The fraction of sp³-hybridized carbons (Fsp3) is 1.00. The number of unbranched alkanes of at least 4 members (excludes halogenated alkanes) is 1. The Bertz CT molecular complexity index is 112. The molecule has 0 nitrogen and oxygen atoms in total. The van der Waals surface area contributed by atoms with E-state index >= 15 is 0 Å². The van der Waals surface area contributed by atoms with E-state index in [0.29, 0.717) is 5.92 Å². The van der Waals surface area contributed by atoms with Crippen LogP contribution in [0.25, 0.3) is 0 Å². The van der Waals surface area contributed by atoms with E-state index in [4.69, 9.17) is 0 Å². The van der Waals surface area contributed by atoms with Crippen molar-refractivity contribution in [3.05, 3.63) is 0 Å². The molecule has 0 fully saturated rings. The third kappa shape index (κ3) is 6.06. The lowest BCUT2D eigenvalue weighted by Crippen LogP contribution is -2.15. The molecule has 0 radical (unpaired) electrons. The maximum atomic E-state index is 13.5. The molecular weight excluding hydrogens is 163 g/mol. The van der Waals surface area contributed by atoms with Crippen LogP contribution in [0.3, 0.4) is 0 Å². The molecule has 0 aromatic carbocycles. The van der Waals surface area contributed by atoms with Crippen LogP contribution in [0.4, 0.5) is 4.39 Å². The molecule has 1 heteroatoms. The standard InChI is InChI=1S/C12H25F/c1-5-7-8-12(13)11(4)9-10(3)6-2/h10-12H,5-9H2,1-4H3. The summed E-state index contributed by atoms with van der Waals surface area (Å²) < 4.78 is 13.5. The first-order valence-corrected chi connectivity index (χ1v) is 5.75. The molecule has 0 spiro atoms. The van der Waals surface area contributed by atoms with Gasteiger partial charge in [0.2, 0.25) is 0 Å². The zero-order chi connectivity index (χ0) is 10.3. The minimum absolute atomic E-state index is 0.251. The van der Waals surface area contributed by atoms with Crippen molar-refractivity contribution < 1.29 is 4.39 Å². The Hall–Kier alpha value is -0.0700. The molecule has 0 heterocycles. The smallest absolute Gasteiger partial charge is 0.103 e. The van der Waals surface area contributed by atoms with Gasteiger partial charge in [-0.15, -0.1) is 0 Å². The van der Waals surface area contributed by atoms with Gasteiger partial charge in [-0.25, -0.2) is 4.39 Å². The molecule has 0 N–H and O–H groups in total. The summed E-state index contributed by atoms with van der Waals surface area (Å²) in [5, 5.41) is 0. The molecule has 0 aliphatic rings. The molecule has 0 aromatic rings. The van der Waals surface area contributed by atoms with Crippen molar-refractivity contribution in [3.8, 4) is 0 Å². The van der Waals surface area contributed by atoms with Gasteiger partial charge in [0.1, 0.15) is 6.17 Å². The second-order valence-electron chi connectivity index (χ2n) is 4.38. The summed E-state index contributed by atoms with van der Waals surface area (Å²) in [5.74, 6) is 0.927. The van der Waals surface area contributed by atoms with Crippen LogP contribution < -0.4 is 0 Å². The van der Waals surface area contributed by atoms with E-state index in [-0.39, 0.29) is 5.92 Å². The van der Waals surface area contributed by atoms with E-state index in [1.165, 1.54) is 6.42 Å². The van der Waals surface area contributed by atoms with E-state index in [9.17, 15) is 4.39 Å². The average Bonchev–Trinajstić information content (AvgIpc) is 2.13. The highest BCUT2D eigenvalue weighted by atomic mass is 19.1. The van der Waals surface area contributed by atoms with E-state index in [2.05, 4.69) is 20.8 Å². The monoisotopic (exact) mass is 188 g/mol. The Balaban J connectivity index is 3.61. The molecule has 0 bridgehead atoms. The molecule has 0 aromatic heterocycles. The fourth-order valence-electron chi connectivity index (χ4n) is 1.63. The van der Waals surface area contributed by atoms with Gasteiger partial charge < -0.3 is 0 Å². The summed E-state index contributed by atoms with van der Waals surface area (Å²) in [6.45, 7) is 8.55. The van der Waals surface area contributed by atoms with Crippen molar-refractivity contribution in [3.63, 3.8) is 0 Å². The molecule has 3 unspecified atom stereocenters. The third-order valence-electron chi connectivity index (χ3n) is 2.92. The topological polar surface area (TPSA) is 0 Å². The van der Waals surface area contributed by atoms with Crippen LogP contribution in [0.2, 0.25) is 0 Å². The second kappa shape index (κ2) is 7.34. The molecule has 0 saturated heterocycles. The maximum absolute atomic E-state index is 13.5. The van der Waals surface area contributed by atoms with Crippen LogP contribution in [-0.4, -0.2) is 6.17 Å². The number of hydrogen-bond donors (Lipinski definition) is 0. The van der Waals surface area contributed by atoms with Crippen LogP contribution in [0.15, 0.2) is 0 Å². The van der Waals surface area contributed by atoms with Crippen LogP contribution in [-0.2, 0) is 0 Å². The molecule has 0 aliphatic heterocycles. The highest BCUT2D eigenvalue weighted by Gasteiger charge is 2.17. The molecule has 3 atom stereocenters. The molecule has 0 amide bonds. The predicted octanol–water partition coefficient (Wildman–Crippen LogP) is 4.59. The van der Waals surface area contributed by atoms with Crippen molar-refractivity contribution in [2.24, 2.45) is 11.8 Å². The predicted molar refractivity (Wildman–Crippen MR) is 57.7 cm³/mol. The van der Waals surface area contributed by atoms with E-state index < -0.39 is 6.17 Å². The summed E-state index contributed by atoms with van der Waals surface area (Å²) in [5.41, 5.74) is 0. The van der Waals surface area contributed by atoms with Crippen LogP contribution >= 0.6 is 0 Å². The van der Waals surface area contributed by atoms with E-state index in [0.717, 1.165) is 25.7 Å². The fourth-order valence-corrected chi connectivity index (χ4v) is 1.63. The zero-order valence-electron chi connectivity index (χ0n) is 9.65. The van der Waals surface area contributed by atoms with Crippen molar-refractivity contribution in [1.82, 2.24) is 0 Å². The Kier molecular flexibility index (Phi) is 7.31. The van der Waals surface area contributed by atoms with Crippen LogP contribution in [0.1, 0.15) is 59.8 Å². The molecule has 0 saturated carbocycles. The number of alkyl halides is 1. The second-order valence-corrected chi connectivity index (χ2v) is 4.38. The normalized spacial score (nSPS) is 18.2. The van der Waals surface area contributed by atoms with E-state index in [1.54, 1.807) is 0 Å². The molecular formula is C12H25F. The van der Waals surface area contributed by atoms with Gasteiger partial charge in [-0.05, 0) is 24.7 Å². The molecule has 0 rings (SSSR count). The lowest BCUT2D eigenvalue weighted by molar-refractivity contribution is 0.195. The Morgan fingerprint density at radius 3 is 2.23 bits per heavy atom. The van der Waals surface area contributed by atoms with Gasteiger partial charge in [-0.3, -0.25) is 0 Å². The van der Waals surface area contributed by atoms with E-state index in [1.807, 2.05) is 6.92 Å². The molecule has 0 aliphatic carbocycles. The Morgan fingerprint density at radius 2 is 1.77 bits per heavy atom. The Morgan fingerprint density at radius 1 is 1.15 bits per heavy atom. The van der Waals surface area contributed by atoms with Gasteiger partial charge in [0.05, 0.1) is 0 Å². The first kappa shape index (κ1) is 12.9. The van der Waals surface area contributed by atoms with Crippen molar-refractivity contribution in [2.75, 3.05) is 0 Å². The lowest BCUT2D eigenvalue weighted by Gasteiger charge is -2.19. The van der Waals surface area contributed by atoms with Crippen molar-refractivity contribution in [2.45, 2.75) is 66.0 Å². The number of halogens is 1. The van der Waals surface area contributed by atoms with Gasteiger partial charge in [0, 0.05) is 0 Å². The Labute approximate surface area is 82.9 Å². The molecule has 80 valence electrons. The average molecular weight is 188 g/mol. The van der Waals surface area contributed by atoms with Gasteiger partial charge in [0.15, 0.2) is 0 Å². The first-order valence-electron chi connectivity index (χ1n) is 5.75. The minimum Gasteiger partial charge on any atom is -0.247 e. The van der Waals surface area contributed by atoms with Gasteiger partial charge in [-0.1, -0.05) is 47.0 Å². The van der Waals surface area contributed by atoms with Gasteiger partial charge in [0.25, 0.3) is 0 Å². The summed E-state index contributed by atoms with van der Waals surface area (Å²) in [7, 11) is 0. The van der Waals surface area contributed by atoms with Crippen LogP contribution in [0, 0.1) is 11.8 Å². The SMILES string of the molecule is CCCCC(F)C(C)CC(C)CC. The largest absolute Gasteiger partial charge is 0.247 e. The lowest BCUT2D eigenvalue weighted by atomic mass is 9.90. The van der Waals surface area contributed by atoms with Crippen molar-refractivity contribution in [1.29, 1.82) is 0 Å². The quantitative estimate of drug-likeness (QED) is 0.548. The van der Waals surface area contributed by atoms with Gasteiger partial charge in [-0.2, -0.15) is 0 Å². The number of rotatable bonds is 7. The first-order chi connectivity index (χ1) is 6.11.